The Morgan fingerprint density at radius 1 is 1.32 bits per heavy atom. The van der Waals surface area contributed by atoms with Crippen LogP contribution in [0.5, 0.6) is 0 Å². The Morgan fingerprint density at radius 3 is 2.60 bits per heavy atom. The van der Waals surface area contributed by atoms with Crippen molar-refractivity contribution in [2.75, 3.05) is 32.5 Å². The normalized spacial score (nSPS) is 19.8. The number of carbonyl (C=O) groups excluding carboxylic acids is 1. The molecule has 1 fully saturated rings. The molecule has 0 aliphatic carbocycles. The van der Waals surface area contributed by atoms with Crippen molar-refractivity contribution in [3.8, 4) is 0 Å². The minimum atomic E-state index is -4.50. The molecule has 6 nitrogen and oxygen atoms in total. The summed E-state index contributed by atoms with van der Waals surface area (Å²) < 4.78 is 64.8. The van der Waals surface area contributed by atoms with E-state index in [-0.39, 0.29) is 12.2 Å². The first-order valence-corrected chi connectivity index (χ1v) is 9.07. The molecule has 0 radical (unpaired) electrons. The molecule has 0 bridgehead atoms. The summed E-state index contributed by atoms with van der Waals surface area (Å²) in [6.45, 7) is 0.319. The van der Waals surface area contributed by atoms with Crippen molar-refractivity contribution >= 4 is 21.8 Å². The van der Waals surface area contributed by atoms with E-state index in [0.29, 0.717) is 19.4 Å². The molecule has 1 aromatic rings. The number of piperidine rings is 1. The zero-order valence-electron chi connectivity index (χ0n) is 13.9. The number of alkyl halides is 3. The van der Waals surface area contributed by atoms with Gasteiger partial charge in [0.2, 0.25) is 5.91 Å². The van der Waals surface area contributed by atoms with Crippen molar-refractivity contribution < 1.29 is 26.4 Å². The van der Waals surface area contributed by atoms with E-state index < -0.39 is 33.8 Å². The number of rotatable bonds is 4. The second kappa shape index (κ2) is 7.30. The third kappa shape index (κ3) is 4.71. The van der Waals surface area contributed by atoms with Crippen LogP contribution in [0, 0.1) is 5.92 Å². The van der Waals surface area contributed by atoms with Crippen LogP contribution in [-0.4, -0.2) is 50.1 Å². The molecule has 1 aliphatic heterocycles. The summed E-state index contributed by atoms with van der Waals surface area (Å²) in [5, 5.41) is 2.45. The highest BCUT2D eigenvalue weighted by Crippen LogP contribution is 2.31. The van der Waals surface area contributed by atoms with Crippen LogP contribution in [-0.2, 0) is 21.2 Å². The zero-order valence-corrected chi connectivity index (χ0v) is 14.7. The maximum Gasteiger partial charge on any atom is 0.416 e. The van der Waals surface area contributed by atoms with Gasteiger partial charge in [-0.3, -0.25) is 4.79 Å². The van der Waals surface area contributed by atoms with Gasteiger partial charge < -0.3 is 5.32 Å². The van der Waals surface area contributed by atoms with Crippen LogP contribution in [0.1, 0.15) is 18.4 Å². The van der Waals surface area contributed by atoms with Crippen LogP contribution in [0.3, 0.4) is 0 Å². The van der Waals surface area contributed by atoms with Crippen molar-refractivity contribution in [1.82, 2.24) is 8.61 Å². The Labute approximate surface area is 144 Å². The smallest absolute Gasteiger partial charge is 0.326 e. The van der Waals surface area contributed by atoms with Crippen LogP contribution >= 0.6 is 0 Å². The second-order valence-electron chi connectivity index (χ2n) is 6.06. The van der Waals surface area contributed by atoms with Gasteiger partial charge in [-0.1, -0.05) is 6.07 Å². The second-order valence-corrected chi connectivity index (χ2v) is 8.20. The van der Waals surface area contributed by atoms with Crippen molar-refractivity contribution in [2.45, 2.75) is 19.0 Å². The van der Waals surface area contributed by atoms with E-state index in [1.54, 1.807) is 0 Å². The van der Waals surface area contributed by atoms with E-state index >= 15 is 0 Å². The Kier molecular flexibility index (Phi) is 5.75. The number of nitrogens with zero attached hydrogens (tertiary/aromatic N) is 2. The lowest BCUT2D eigenvalue weighted by molar-refractivity contribution is -0.137. The molecule has 1 heterocycles. The average Bonchev–Trinajstić information content (AvgIpc) is 2.54. The minimum Gasteiger partial charge on any atom is -0.326 e. The first-order valence-electron chi connectivity index (χ1n) is 7.67. The lowest BCUT2D eigenvalue weighted by Gasteiger charge is -2.32. The van der Waals surface area contributed by atoms with Crippen molar-refractivity contribution in [1.29, 1.82) is 0 Å². The summed E-state index contributed by atoms with van der Waals surface area (Å²) in [6, 6.07) is 4.35. The number of benzene rings is 1. The largest absolute Gasteiger partial charge is 0.416 e. The summed E-state index contributed by atoms with van der Waals surface area (Å²) in [5.74, 6) is -1.10. The Balaban J connectivity index is 2.09. The Morgan fingerprint density at radius 2 is 2.00 bits per heavy atom. The number of amides is 1. The predicted octanol–water partition coefficient (Wildman–Crippen LogP) is 2.16. The van der Waals surface area contributed by atoms with Gasteiger partial charge in [0.1, 0.15) is 0 Å². The molecular formula is C15H20F3N3O3S. The van der Waals surface area contributed by atoms with E-state index in [1.807, 2.05) is 0 Å². The van der Waals surface area contributed by atoms with Gasteiger partial charge in [-0.2, -0.15) is 30.2 Å². The first-order chi connectivity index (χ1) is 11.5. The molecule has 2 rings (SSSR count). The minimum absolute atomic E-state index is 0.00527. The van der Waals surface area contributed by atoms with Gasteiger partial charge in [-0.15, -0.1) is 0 Å². The monoisotopic (exact) mass is 379 g/mol. The number of carbonyl (C=O) groups is 1. The molecule has 0 aromatic heterocycles. The number of nitrogens with one attached hydrogen (secondary N) is 1. The molecule has 0 saturated carbocycles. The van der Waals surface area contributed by atoms with Crippen molar-refractivity contribution in [3.63, 3.8) is 0 Å². The zero-order chi connectivity index (χ0) is 18.8. The van der Waals surface area contributed by atoms with Gasteiger partial charge in [0.25, 0.3) is 10.2 Å². The molecule has 25 heavy (non-hydrogen) atoms. The predicted molar refractivity (Wildman–Crippen MR) is 87.0 cm³/mol. The maximum atomic E-state index is 12.7. The van der Waals surface area contributed by atoms with E-state index in [0.717, 1.165) is 16.4 Å². The molecule has 140 valence electrons. The molecule has 1 aliphatic rings. The highest BCUT2D eigenvalue weighted by atomic mass is 32.2. The standard InChI is InChI=1S/C15H20F3N3O3S/c1-20(2)25(23,24)21-8-4-5-11(10-21)14(22)19-13-7-3-6-12(9-13)15(16,17)18/h3,6-7,9,11H,4-5,8,10H2,1-2H3,(H,19,22)/t11-/m0/s1. The van der Waals surface area contributed by atoms with Gasteiger partial charge in [-0.25, -0.2) is 0 Å². The number of halogens is 3. The van der Waals surface area contributed by atoms with Crippen LogP contribution in [0.2, 0.25) is 0 Å². The van der Waals surface area contributed by atoms with Crippen LogP contribution in [0.15, 0.2) is 24.3 Å². The number of anilines is 1. The summed E-state index contributed by atoms with van der Waals surface area (Å²) >= 11 is 0. The van der Waals surface area contributed by atoms with Gasteiger partial charge in [0.15, 0.2) is 0 Å². The summed E-state index contributed by atoms with van der Waals surface area (Å²) in [7, 11) is -0.819. The van der Waals surface area contributed by atoms with Crippen LogP contribution in [0.4, 0.5) is 18.9 Å². The topological polar surface area (TPSA) is 69.7 Å². The molecule has 0 unspecified atom stereocenters. The molecule has 0 spiro atoms. The Hall–Kier alpha value is -1.65. The van der Waals surface area contributed by atoms with Gasteiger partial charge in [0, 0.05) is 32.9 Å². The first kappa shape index (κ1) is 19.7. The molecular weight excluding hydrogens is 359 g/mol. The molecule has 1 atom stereocenters. The third-order valence-corrected chi connectivity index (χ3v) is 5.91. The summed E-state index contributed by atoms with van der Waals surface area (Å²) in [4.78, 5) is 12.3. The molecule has 1 saturated heterocycles. The van der Waals surface area contributed by atoms with Crippen LogP contribution in [0.25, 0.3) is 0 Å². The SMILES string of the molecule is CN(C)S(=O)(=O)N1CCC[C@H](C(=O)Nc2cccc(C(F)(F)F)c2)C1. The Bertz CT molecular complexity index is 735. The highest BCUT2D eigenvalue weighted by molar-refractivity contribution is 7.86. The maximum absolute atomic E-state index is 12.7. The quantitative estimate of drug-likeness (QED) is 0.872. The lowest BCUT2D eigenvalue weighted by atomic mass is 9.98. The van der Waals surface area contributed by atoms with Gasteiger partial charge in [0.05, 0.1) is 11.5 Å². The van der Waals surface area contributed by atoms with E-state index in [2.05, 4.69) is 5.32 Å². The molecule has 1 amide bonds. The van der Waals surface area contributed by atoms with Crippen molar-refractivity contribution in [3.05, 3.63) is 29.8 Å². The van der Waals surface area contributed by atoms with Gasteiger partial charge >= 0.3 is 6.18 Å². The van der Waals surface area contributed by atoms with Gasteiger partial charge in [-0.05, 0) is 31.0 Å². The number of hydrogen-bond donors (Lipinski definition) is 1. The fourth-order valence-electron chi connectivity index (χ4n) is 2.61. The fraction of sp³-hybridized carbons (Fsp3) is 0.533. The summed E-state index contributed by atoms with van der Waals surface area (Å²) in [6.07, 6.45) is -3.51. The third-order valence-electron chi connectivity index (χ3n) is 4.00. The average molecular weight is 379 g/mol. The lowest BCUT2D eigenvalue weighted by Crippen LogP contribution is -2.47. The molecule has 1 N–H and O–H groups in total. The van der Waals surface area contributed by atoms with E-state index in [9.17, 15) is 26.4 Å². The van der Waals surface area contributed by atoms with E-state index in [1.165, 1.54) is 30.5 Å². The summed E-state index contributed by atoms with van der Waals surface area (Å²) in [5.41, 5.74) is -0.821. The van der Waals surface area contributed by atoms with Crippen molar-refractivity contribution in [2.24, 2.45) is 5.92 Å². The van der Waals surface area contributed by atoms with Crippen LogP contribution < -0.4 is 5.32 Å². The molecule has 1 aromatic carbocycles. The fourth-order valence-corrected chi connectivity index (χ4v) is 3.80. The van der Waals surface area contributed by atoms with E-state index in [4.69, 9.17) is 0 Å². The molecule has 10 heteroatoms. The number of hydrogen-bond acceptors (Lipinski definition) is 3. The highest BCUT2D eigenvalue weighted by Gasteiger charge is 2.34.